The van der Waals surface area contributed by atoms with Crippen molar-refractivity contribution in [3.8, 4) is 5.75 Å². The lowest BCUT2D eigenvalue weighted by molar-refractivity contribution is 0.264. The molecular formula is C13H21N3O2. The highest BCUT2D eigenvalue weighted by atomic mass is 16.5. The fourth-order valence-electron chi connectivity index (χ4n) is 1.51. The molecule has 0 spiro atoms. The molecule has 0 amide bonds. The third-order valence-electron chi connectivity index (χ3n) is 2.57. The summed E-state index contributed by atoms with van der Waals surface area (Å²) in [4.78, 5) is 2.13. The van der Waals surface area contributed by atoms with Gasteiger partial charge in [0.05, 0.1) is 6.61 Å². The highest BCUT2D eigenvalue weighted by molar-refractivity contribution is 5.79. The van der Waals surface area contributed by atoms with Gasteiger partial charge in [-0.3, -0.25) is 0 Å². The molecule has 18 heavy (non-hydrogen) atoms. The second-order valence-electron chi connectivity index (χ2n) is 4.16. The smallest absolute Gasteiger partial charge is 0.140 e. The predicted octanol–water partition coefficient (Wildman–Crippen LogP) is 1.52. The van der Waals surface area contributed by atoms with Gasteiger partial charge in [0.1, 0.15) is 11.6 Å². The number of ether oxygens (including phenoxy) is 1. The molecule has 0 aromatic heterocycles. The molecule has 0 saturated carbocycles. The van der Waals surface area contributed by atoms with Crippen LogP contribution in [0.5, 0.6) is 5.75 Å². The maximum atomic E-state index is 8.41. The van der Waals surface area contributed by atoms with Crippen LogP contribution in [0.15, 0.2) is 35.5 Å². The number of benzene rings is 1. The fraction of sp³-hybridized carbons (Fsp3) is 0.462. The van der Waals surface area contributed by atoms with E-state index in [-0.39, 0.29) is 5.84 Å². The first kappa shape index (κ1) is 14.3. The highest BCUT2D eigenvalue weighted by Gasteiger charge is 2.00. The first-order valence-electron chi connectivity index (χ1n) is 6.05. The number of nitrogens with zero attached hydrogens (tertiary/aromatic N) is 2. The summed E-state index contributed by atoms with van der Waals surface area (Å²) in [6.45, 7) is 2.39. The van der Waals surface area contributed by atoms with Gasteiger partial charge in [-0.1, -0.05) is 23.4 Å². The molecule has 0 atom stereocenters. The van der Waals surface area contributed by atoms with Crippen LogP contribution in [0.1, 0.15) is 12.8 Å². The first-order valence-corrected chi connectivity index (χ1v) is 6.05. The predicted molar refractivity (Wildman–Crippen MR) is 72.1 cm³/mol. The van der Waals surface area contributed by atoms with Gasteiger partial charge in [-0.05, 0) is 25.6 Å². The van der Waals surface area contributed by atoms with Gasteiger partial charge in [0.2, 0.25) is 0 Å². The number of amidine groups is 1. The molecule has 100 valence electrons. The first-order chi connectivity index (χ1) is 8.72. The van der Waals surface area contributed by atoms with Gasteiger partial charge in [0.25, 0.3) is 0 Å². The Morgan fingerprint density at radius 3 is 2.72 bits per heavy atom. The Hall–Kier alpha value is -1.75. The van der Waals surface area contributed by atoms with Gasteiger partial charge < -0.3 is 20.6 Å². The van der Waals surface area contributed by atoms with Gasteiger partial charge in [-0.15, -0.1) is 0 Å². The van der Waals surface area contributed by atoms with E-state index in [9.17, 15) is 0 Å². The van der Waals surface area contributed by atoms with Crippen molar-refractivity contribution in [2.24, 2.45) is 10.9 Å². The minimum atomic E-state index is 0.266. The normalized spacial score (nSPS) is 11.8. The zero-order chi connectivity index (χ0) is 13.2. The summed E-state index contributed by atoms with van der Waals surface area (Å²) in [5.41, 5.74) is 5.40. The molecular weight excluding hydrogens is 230 g/mol. The summed E-state index contributed by atoms with van der Waals surface area (Å²) >= 11 is 0. The number of para-hydroxylation sites is 1. The molecule has 5 nitrogen and oxygen atoms in total. The van der Waals surface area contributed by atoms with Crippen molar-refractivity contribution in [1.82, 2.24) is 4.90 Å². The Morgan fingerprint density at radius 2 is 2.06 bits per heavy atom. The molecule has 0 radical (unpaired) electrons. The number of nitrogens with two attached hydrogens (primary N) is 1. The van der Waals surface area contributed by atoms with Crippen LogP contribution in [-0.4, -0.2) is 42.7 Å². The van der Waals surface area contributed by atoms with Gasteiger partial charge >= 0.3 is 0 Å². The second-order valence-corrected chi connectivity index (χ2v) is 4.16. The number of oxime groups is 1. The molecule has 1 aromatic carbocycles. The van der Waals surface area contributed by atoms with Crippen LogP contribution in [0.3, 0.4) is 0 Å². The van der Waals surface area contributed by atoms with Crippen molar-refractivity contribution >= 4 is 5.84 Å². The molecule has 3 N–H and O–H groups in total. The topological polar surface area (TPSA) is 71.1 Å². The molecule has 0 aliphatic heterocycles. The largest absolute Gasteiger partial charge is 0.494 e. The van der Waals surface area contributed by atoms with E-state index in [0.717, 1.165) is 25.3 Å². The van der Waals surface area contributed by atoms with Crippen LogP contribution in [0.25, 0.3) is 0 Å². The minimum absolute atomic E-state index is 0.266. The average Bonchev–Trinajstić information content (AvgIpc) is 2.42. The zero-order valence-corrected chi connectivity index (χ0v) is 10.7. The van der Waals surface area contributed by atoms with Crippen molar-refractivity contribution in [2.75, 3.05) is 26.7 Å². The van der Waals surface area contributed by atoms with Gasteiger partial charge in [-0.2, -0.15) is 0 Å². The highest BCUT2D eigenvalue weighted by Crippen LogP contribution is 2.08. The Kier molecular flexibility index (Phi) is 6.64. The Morgan fingerprint density at radius 1 is 1.33 bits per heavy atom. The second kappa shape index (κ2) is 8.36. The Labute approximate surface area is 108 Å². The van der Waals surface area contributed by atoms with E-state index < -0.39 is 0 Å². The van der Waals surface area contributed by atoms with Gasteiger partial charge in [-0.25, -0.2) is 0 Å². The minimum Gasteiger partial charge on any atom is -0.494 e. The van der Waals surface area contributed by atoms with Crippen LogP contribution in [0.4, 0.5) is 0 Å². The van der Waals surface area contributed by atoms with E-state index >= 15 is 0 Å². The average molecular weight is 251 g/mol. The van der Waals surface area contributed by atoms with E-state index in [1.54, 1.807) is 0 Å². The summed E-state index contributed by atoms with van der Waals surface area (Å²) in [6.07, 6.45) is 1.52. The van der Waals surface area contributed by atoms with Crippen LogP contribution in [0, 0.1) is 0 Å². The van der Waals surface area contributed by atoms with E-state index in [2.05, 4.69) is 10.1 Å². The quantitative estimate of drug-likeness (QED) is 0.242. The molecule has 0 saturated heterocycles. The Balaban J connectivity index is 2.07. The summed E-state index contributed by atoms with van der Waals surface area (Å²) in [5, 5.41) is 11.4. The van der Waals surface area contributed by atoms with Crippen molar-refractivity contribution < 1.29 is 9.94 Å². The SMILES string of the molecule is CN(CCCOc1ccccc1)CC/C(N)=N/O. The molecule has 5 heteroatoms. The van der Waals surface area contributed by atoms with Gasteiger partial charge in [0.15, 0.2) is 0 Å². The van der Waals surface area contributed by atoms with E-state index in [1.807, 2.05) is 37.4 Å². The van der Waals surface area contributed by atoms with Crippen LogP contribution >= 0.6 is 0 Å². The molecule has 0 unspecified atom stereocenters. The summed E-state index contributed by atoms with van der Waals surface area (Å²) in [5.74, 6) is 1.17. The molecule has 1 rings (SSSR count). The number of rotatable bonds is 8. The molecule has 1 aromatic rings. The zero-order valence-electron chi connectivity index (χ0n) is 10.7. The number of hydrogen-bond acceptors (Lipinski definition) is 4. The summed E-state index contributed by atoms with van der Waals surface area (Å²) in [7, 11) is 2.01. The van der Waals surface area contributed by atoms with Crippen molar-refractivity contribution in [1.29, 1.82) is 0 Å². The maximum absolute atomic E-state index is 8.41. The standard InChI is InChI=1S/C13H21N3O2/c1-16(10-8-13(14)15-17)9-5-11-18-12-6-3-2-4-7-12/h2-4,6-7,17H,5,8-11H2,1H3,(H2,14,15). The van der Waals surface area contributed by atoms with E-state index in [4.69, 9.17) is 15.7 Å². The maximum Gasteiger partial charge on any atom is 0.140 e. The third kappa shape index (κ3) is 6.10. The lowest BCUT2D eigenvalue weighted by Gasteiger charge is -2.16. The van der Waals surface area contributed by atoms with Crippen LogP contribution < -0.4 is 10.5 Å². The van der Waals surface area contributed by atoms with Crippen molar-refractivity contribution in [2.45, 2.75) is 12.8 Å². The third-order valence-corrected chi connectivity index (χ3v) is 2.57. The van der Waals surface area contributed by atoms with E-state index in [0.29, 0.717) is 13.0 Å². The van der Waals surface area contributed by atoms with Gasteiger partial charge in [0, 0.05) is 19.5 Å². The van der Waals surface area contributed by atoms with Crippen molar-refractivity contribution in [3.05, 3.63) is 30.3 Å². The lowest BCUT2D eigenvalue weighted by atomic mass is 10.3. The molecule has 0 fully saturated rings. The Bertz CT molecular complexity index is 355. The van der Waals surface area contributed by atoms with E-state index in [1.165, 1.54) is 0 Å². The summed E-state index contributed by atoms with van der Waals surface area (Å²) in [6, 6.07) is 9.77. The molecule has 0 heterocycles. The van der Waals surface area contributed by atoms with Crippen molar-refractivity contribution in [3.63, 3.8) is 0 Å². The van der Waals surface area contributed by atoms with Crippen LogP contribution in [0.2, 0.25) is 0 Å². The molecule has 0 aliphatic carbocycles. The molecule has 0 bridgehead atoms. The lowest BCUT2D eigenvalue weighted by Crippen LogP contribution is -2.26. The van der Waals surface area contributed by atoms with Crippen LogP contribution in [-0.2, 0) is 0 Å². The number of hydrogen-bond donors (Lipinski definition) is 2. The molecule has 0 aliphatic rings. The monoisotopic (exact) mass is 251 g/mol. The fourth-order valence-corrected chi connectivity index (χ4v) is 1.51. The summed E-state index contributed by atoms with van der Waals surface area (Å²) < 4.78 is 5.59.